The van der Waals surface area contributed by atoms with Gasteiger partial charge in [-0.25, -0.2) is 0 Å². The monoisotopic (exact) mass is 390 g/mol. The van der Waals surface area contributed by atoms with Crippen molar-refractivity contribution in [2.45, 2.75) is 33.4 Å². The molecule has 3 rings (SSSR count). The minimum absolute atomic E-state index is 0.154. The fourth-order valence-electron chi connectivity index (χ4n) is 3.82. The van der Waals surface area contributed by atoms with Crippen LogP contribution in [0.25, 0.3) is 0 Å². The number of para-hydroxylation sites is 1. The molecule has 0 atom stereocenters. The molecule has 3 aromatic rings. The molecule has 0 bridgehead atoms. The summed E-state index contributed by atoms with van der Waals surface area (Å²) in [6.45, 7) is 6.05. The number of likely N-dealkylation sites (N-methyl/N-ethyl adjacent to an activating group) is 1. The number of benzene rings is 2. The van der Waals surface area contributed by atoms with Gasteiger partial charge in [-0.2, -0.15) is 0 Å². The maximum Gasteiger partial charge on any atom is 0.178 e. The summed E-state index contributed by atoms with van der Waals surface area (Å²) in [6.07, 6.45) is 0.957. The van der Waals surface area contributed by atoms with Crippen molar-refractivity contribution in [3.05, 3.63) is 88.7 Å². The van der Waals surface area contributed by atoms with Gasteiger partial charge in [0.2, 0.25) is 0 Å². The highest BCUT2D eigenvalue weighted by Crippen LogP contribution is 2.20. The van der Waals surface area contributed by atoms with Gasteiger partial charge in [0.1, 0.15) is 5.75 Å². The molecule has 1 heterocycles. The number of carbonyl (C=O) groups is 1. The lowest BCUT2D eigenvalue weighted by atomic mass is 10.1. The van der Waals surface area contributed by atoms with Crippen LogP contribution >= 0.6 is 0 Å². The van der Waals surface area contributed by atoms with E-state index in [-0.39, 0.29) is 5.78 Å². The molecule has 4 nitrogen and oxygen atoms in total. The van der Waals surface area contributed by atoms with Crippen LogP contribution in [-0.4, -0.2) is 36.0 Å². The summed E-state index contributed by atoms with van der Waals surface area (Å²) >= 11 is 0. The Labute approximate surface area is 173 Å². The summed E-state index contributed by atoms with van der Waals surface area (Å²) in [5.74, 6) is 1.01. The fraction of sp³-hybridized carbons (Fsp3) is 0.320. The number of nitrogens with zero attached hydrogens (tertiary/aromatic N) is 2. The number of aryl methyl sites for hydroxylation is 2. The van der Waals surface area contributed by atoms with Crippen molar-refractivity contribution < 1.29 is 9.53 Å². The van der Waals surface area contributed by atoms with Gasteiger partial charge in [-0.15, -0.1) is 0 Å². The van der Waals surface area contributed by atoms with Crippen LogP contribution in [-0.2, 0) is 19.5 Å². The van der Waals surface area contributed by atoms with Crippen molar-refractivity contribution in [3.8, 4) is 5.75 Å². The average Bonchev–Trinajstić information content (AvgIpc) is 3.01. The Hall–Kier alpha value is -2.85. The quantitative estimate of drug-likeness (QED) is 0.498. The van der Waals surface area contributed by atoms with E-state index in [1.165, 1.54) is 5.56 Å². The van der Waals surface area contributed by atoms with Gasteiger partial charge in [-0.3, -0.25) is 9.69 Å². The minimum Gasteiger partial charge on any atom is -0.496 e. The number of Topliss-reactive ketones (excluding diaryl/α,β-unsaturated/α-hetero) is 1. The van der Waals surface area contributed by atoms with E-state index in [4.69, 9.17) is 4.74 Å². The second-order valence-electron chi connectivity index (χ2n) is 7.58. The van der Waals surface area contributed by atoms with Crippen LogP contribution in [0, 0.1) is 13.8 Å². The van der Waals surface area contributed by atoms with Crippen LogP contribution < -0.4 is 4.74 Å². The van der Waals surface area contributed by atoms with Gasteiger partial charge in [0.15, 0.2) is 5.78 Å². The lowest BCUT2D eigenvalue weighted by molar-refractivity contribution is 0.0942. The molecule has 0 aliphatic carbocycles. The van der Waals surface area contributed by atoms with E-state index in [1.54, 1.807) is 7.11 Å². The average molecular weight is 391 g/mol. The summed E-state index contributed by atoms with van der Waals surface area (Å²) < 4.78 is 7.67. The number of carbonyl (C=O) groups excluding carboxylic acids is 1. The Balaban J connectivity index is 1.66. The maximum atomic E-state index is 13.0. The van der Waals surface area contributed by atoms with Gasteiger partial charge in [0, 0.05) is 35.6 Å². The third-order valence-electron chi connectivity index (χ3n) is 5.39. The molecule has 0 fully saturated rings. The van der Waals surface area contributed by atoms with Crippen LogP contribution in [0.2, 0.25) is 0 Å². The van der Waals surface area contributed by atoms with Crippen LogP contribution in [0.1, 0.15) is 32.9 Å². The predicted molar refractivity (Wildman–Crippen MR) is 118 cm³/mol. The Morgan fingerprint density at radius 1 is 1.03 bits per heavy atom. The second-order valence-corrected chi connectivity index (χ2v) is 7.58. The van der Waals surface area contributed by atoms with Crippen molar-refractivity contribution in [2.24, 2.45) is 0 Å². The number of ketones is 1. The molecule has 0 spiro atoms. The largest absolute Gasteiger partial charge is 0.496 e. The molecule has 4 heteroatoms. The first-order valence-electron chi connectivity index (χ1n) is 10.0. The van der Waals surface area contributed by atoms with Gasteiger partial charge >= 0.3 is 0 Å². The summed E-state index contributed by atoms with van der Waals surface area (Å²) in [5.41, 5.74) is 5.40. The second kappa shape index (κ2) is 9.57. The molecule has 29 heavy (non-hydrogen) atoms. The zero-order valence-corrected chi connectivity index (χ0v) is 17.8. The van der Waals surface area contributed by atoms with E-state index < -0.39 is 0 Å². The summed E-state index contributed by atoms with van der Waals surface area (Å²) in [6, 6.07) is 20.4. The van der Waals surface area contributed by atoms with Crippen LogP contribution in [0.15, 0.2) is 60.7 Å². The number of hydrogen-bond donors (Lipinski definition) is 0. The van der Waals surface area contributed by atoms with Crippen LogP contribution in [0.4, 0.5) is 0 Å². The van der Waals surface area contributed by atoms with Crippen molar-refractivity contribution in [2.75, 3.05) is 20.7 Å². The number of ether oxygens (including phenoxy) is 1. The van der Waals surface area contributed by atoms with E-state index in [2.05, 4.69) is 35.8 Å². The van der Waals surface area contributed by atoms with E-state index >= 15 is 0 Å². The van der Waals surface area contributed by atoms with Crippen molar-refractivity contribution >= 4 is 5.78 Å². The summed E-state index contributed by atoms with van der Waals surface area (Å²) in [5, 5.41) is 0. The molecule has 2 aromatic carbocycles. The summed E-state index contributed by atoms with van der Waals surface area (Å²) in [7, 11) is 3.65. The number of rotatable bonds is 9. The first-order valence-corrected chi connectivity index (χ1v) is 10.0. The van der Waals surface area contributed by atoms with Gasteiger partial charge in [-0.05, 0) is 45.0 Å². The minimum atomic E-state index is 0.154. The fourth-order valence-corrected chi connectivity index (χ4v) is 3.82. The molecular weight excluding hydrogens is 360 g/mol. The first-order chi connectivity index (χ1) is 14.0. The Morgan fingerprint density at radius 3 is 2.45 bits per heavy atom. The molecule has 1 aromatic heterocycles. The SMILES string of the molecule is COc1ccccc1CN(C)CC(=O)c1cc(C)n(CCc2ccccc2)c1C. The highest BCUT2D eigenvalue weighted by atomic mass is 16.5. The predicted octanol–water partition coefficient (Wildman–Crippen LogP) is 4.67. The third kappa shape index (κ3) is 5.15. The molecule has 0 N–H and O–H groups in total. The van der Waals surface area contributed by atoms with Crippen LogP contribution in [0.3, 0.4) is 0 Å². The number of hydrogen-bond acceptors (Lipinski definition) is 3. The lowest BCUT2D eigenvalue weighted by Crippen LogP contribution is -2.26. The Bertz CT molecular complexity index is 960. The molecule has 152 valence electrons. The van der Waals surface area contributed by atoms with E-state index in [0.29, 0.717) is 13.1 Å². The van der Waals surface area contributed by atoms with E-state index in [0.717, 1.165) is 41.2 Å². The van der Waals surface area contributed by atoms with E-state index in [1.807, 2.05) is 55.3 Å². The number of aromatic nitrogens is 1. The molecule has 0 aliphatic heterocycles. The molecule has 0 aliphatic rings. The number of methoxy groups -OCH3 is 1. The highest BCUT2D eigenvalue weighted by Gasteiger charge is 2.18. The maximum absolute atomic E-state index is 13.0. The smallest absolute Gasteiger partial charge is 0.178 e. The Kier molecular flexibility index (Phi) is 6.89. The van der Waals surface area contributed by atoms with Crippen molar-refractivity contribution in [3.63, 3.8) is 0 Å². The Morgan fingerprint density at radius 2 is 1.72 bits per heavy atom. The third-order valence-corrected chi connectivity index (χ3v) is 5.39. The van der Waals surface area contributed by atoms with Crippen LogP contribution in [0.5, 0.6) is 5.75 Å². The zero-order chi connectivity index (χ0) is 20.8. The van der Waals surface area contributed by atoms with Gasteiger partial charge < -0.3 is 9.30 Å². The molecule has 0 unspecified atom stereocenters. The molecule has 0 saturated carbocycles. The van der Waals surface area contributed by atoms with Gasteiger partial charge in [0.05, 0.1) is 13.7 Å². The summed E-state index contributed by atoms with van der Waals surface area (Å²) in [4.78, 5) is 15.0. The van der Waals surface area contributed by atoms with Gasteiger partial charge in [0.25, 0.3) is 0 Å². The standard InChI is InChI=1S/C25H30N2O2/c1-19-16-23(20(2)27(19)15-14-21-10-6-5-7-11-21)24(28)18-26(3)17-22-12-8-9-13-25(22)29-4/h5-13,16H,14-15,17-18H2,1-4H3. The highest BCUT2D eigenvalue weighted by molar-refractivity contribution is 5.99. The molecule has 0 amide bonds. The first kappa shape index (κ1) is 20.9. The normalized spacial score (nSPS) is 11.1. The van der Waals surface area contributed by atoms with Gasteiger partial charge in [-0.1, -0.05) is 48.5 Å². The lowest BCUT2D eigenvalue weighted by Gasteiger charge is -2.17. The van der Waals surface area contributed by atoms with E-state index in [9.17, 15) is 4.79 Å². The topological polar surface area (TPSA) is 34.5 Å². The zero-order valence-electron chi connectivity index (χ0n) is 17.8. The molecule has 0 radical (unpaired) electrons. The molecular formula is C25H30N2O2. The molecule has 0 saturated heterocycles. The van der Waals surface area contributed by atoms with Crippen molar-refractivity contribution in [1.29, 1.82) is 0 Å². The van der Waals surface area contributed by atoms with Crippen molar-refractivity contribution in [1.82, 2.24) is 9.47 Å².